The van der Waals surface area contributed by atoms with Crippen molar-refractivity contribution < 1.29 is 13.3 Å². The van der Waals surface area contributed by atoms with Crippen LogP contribution in [0, 0.1) is 0 Å². The Kier molecular flexibility index (Phi) is 3.05. The Balaban J connectivity index is 2.41. The van der Waals surface area contributed by atoms with E-state index in [0.29, 0.717) is 25.3 Å². The smallest absolute Gasteiger partial charge is 0.156 e. The van der Waals surface area contributed by atoms with Gasteiger partial charge in [-0.3, -0.25) is 0 Å². The zero-order chi connectivity index (χ0) is 9.03. The van der Waals surface area contributed by atoms with Gasteiger partial charge in [0.2, 0.25) is 0 Å². The third-order valence-electron chi connectivity index (χ3n) is 1.49. The molecule has 1 heterocycles. The van der Waals surface area contributed by atoms with E-state index < -0.39 is 9.84 Å². The first-order valence-corrected chi connectivity index (χ1v) is 5.54. The molecule has 0 radical (unpaired) electrons. The maximum absolute atomic E-state index is 10.9. The molecular weight excluding hydrogens is 180 g/mol. The van der Waals surface area contributed by atoms with Crippen molar-refractivity contribution >= 4 is 15.5 Å². The lowest BCUT2D eigenvalue weighted by molar-refractivity contribution is 0.151. The van der Waals surface area contributed by atoms with Crippen LogP contribution in [0.15, 0.2) is 5.16 Å². The van der Waals surface area contributed by atoms with E-state index in [1.165, 1.54) is 0 Å². The number of rotatable bonds is 3. The van der Waals surface area contributed by atoms with Crippen molar-refractivity contribution in [3.8, 4) is 0 Å². The van der Waals surface area contributed by atoms with Crippen LogP contribution >= 0.6 is 0 Å². The highest BCUT2D eigenvalue weighted by atomic mass is 32.2. The summed E-state index contributed by atoms with van der Waals surface area (Å²) in [6, 6.07) is 0. The largest absolute Gasteiger partial charge is 0.394 e. The van der Waals surface area contributed by atoms with Crippen LogP contribution in [0.2, 0.25) is 0 Å². The predicted molar refractivity (Wildman–Crippen MR) is 45.7 cm³/mol. The molecule has 1 fully saturated rings. The third kappa shape index (κ3) is 2.78. The summed E-state index contributed by atoms with van der Waals surface area (Å²) < 4.78 is 21.8. The van der Waals surface area contributed by atoms with Crippen LogP contribution in [0.5, 0.6) is 0 Å². The summed E-state index contributed by atoms with van der Waals surface area (Å²) in [6.45, 7) is 0.729. The first-order chi connectivity index (χ1) is 5.64. The average Bonchev–Trinajstić information content (AvgIpc) is 2.31. The highest BCUT2D eigenvalue weighted by molar-refractivity contribution is 7.92. The van der Waals surface area contributed by atoms with Crippen molar-refractivity contribution in [3.05, 3.63) is 0 Å². The number of nitrogens with zero attached hydrogens (tertiary/aromatic N) is 1. The maximum atomic E-state index is 10.9. The van der Waals surface area contributed by atoms with Gasteiger partial charge in [-0.15, -0.1) is 0 Å². The first-order valence-electron chi connectivity index (χ1n) is 3.72. The summed E-state index contributed by atoms with van der Waals surface area (Å²) in [4.78, 5) is 4.76. The minimum absolute atomic E-state index is 0.0393. The number of hydrogen-bond acceptors (Lipinski definition) is 5. The monoisotopic (exact) mass is 192 g/mol. The molecule has 1 aliphatic heterocycles. The van der Waals surface area contributed by atoms with E-state index in [2.05, 4.69) is 5.16 Å². The van der Waals surface area contributed by atoms with Gasteiger partial charge in [0.25, 0.3) is 0 Å². The van der Waals surface area contributed by atoms with Crippen LogP contribution in [0.25, 0.3) is 0 Å². The summed E-state index contributed by atoms with van der Waals surface area (Å²) in [5.74, 6) is 0.232. The van der Waals surface area contributed by atoms with Crippen molar-refractivity contribution in [1.29, 1.82) is 0 Å². The van der Waals surface area contributed by atoms with Crippen molar-refractivity contribution in [1.82, 2.24) is 0 Å². The Morgan fingerprint density at radius 1 is 1.58 bits per heavy atom. The van der Waals surface area contributed by atoms with Crippen LogP contribution < -0.4 is 5.73 Å². The van der Waals surface area contributed by atoms with E-state index in [1.54, 1.807) is 0 Å². The van der Waals surface area contributed by atoms with Gasteiger partial charge in [0.1, 0.15) is 6.61 Å². The molecule has 0 unspecified atom stereocenters. The Labute approximate surface area is 71.5 Å². The molecule has 0 aliphatic carbocycles. The molecule has 12 heavy (non-hydrogen) atoms. The zero-order valence-corrected chi connectivity index (χ0v) is 7.51. The van der Waals surface area contributed by atoms with Crippen molar-refractivity contribution in [2.24, 2.45) is 10.9 Å². The molecule has 1 rings (SSSR count). The Morgan fingerprint density at radius 3 is 2.83 bits per heavy atom. The van der Waals surface area contributed by atoms with Crippen LogP contribution in [0.3, 0.4) is 0 Å². The minimum atomic E-state index is -2.87. The molecule has 0 saturated carbocycles. The fraction of sp³-hybridized carbons (Fsp3) is 0.833. The predicted octanol–water partition coefficient (Wildman–Crippen LogP) is -0.864. The zero-order valence-electron chi connectivity index (χ0n) is 6.69. The van der Waals surface area contributed by atoms with Gasteiger partial charge >= 0.3 is 0 Å². The molecule has 0 aromatic rings. The molecule has 0 amide bonds. The van der Waals surface area contributed by atoms with E-state index >= 15 is 0 Å². The Bertz CT molecular complexity index is 271. The van der Waals surface area contributed by atoms with Gasteiger partial charge in [0.15, 0.2) is 9.84 Å². The Hall–Kier alpha value is -0.620. The SMILES string of the molecule is NCCON=C1CCS(=O)(=O)C1. The number of nitrogens with two attached hydrogens (primary N) is 1. The second kappa shape index (κ2) is 3.86. The average molecular weight is 192 g/mol. The van der Waals surface area contributed by atoms with Crippen LogP contribution in [0.4, 0.5) is 0 Å². The molecule has 2 N–H and O–H groups in total. The van der Waals surface area contributed by atoms with Gasteiger partial charge in [0.05, 0.1) is 17.2 Å². The molecule has 1 saturated heterocycles. The van der Waals surface area contributed by atoms with E-state index in [4.69, 9.17) is 10.6 Å². The molecule has 70 valence electrons. The van der Waals surface area contributed by atoms with Gasteiger partial charge < -0.3 is 10.6 Å². The fourth-order valence-corrected chi connectivity index (χ4v) is 2.33. The molecule has 0 bridgehead atoms. The number of oxime groups is 1. The molecule has 0 spiro atoms. The van der Waals surface area contributed by atoms with Gasteiger partial charge in [0, 0.05) is 13.0 Å². The molecule has 0 atom stereocenters. The van der Waals surface area contributed by atoms with Gasteiger partial charge in [-0.25, -0.2) is 8.42 Å². The molecule has 0 aromatic carbocycles. The van der Waals surface area contributed by atoms with E-state index in [-0.39, 0.29) is 11.5 Å². The van der Waals surface area contributed by atoms with Gasteiger partial charge in [-0.2, -0.15) is 0 Å². The third-order valence-corrected chi connectivity index (χ3v) is 3.09. The lowest BCUT2D eigenvalue weighted by Crippen LogP contribution is -2.08. The summed E-state index contributed by atoms with van der Waals surface area (Å²) in [5, 5.41) is 3.67. The second-order valence-electron chi connectivity index (χ2n) is 2.62. The van der Waals surface area contributed by atoms with Crippen molar-refractivity contribution in [2.45, 2.75) is 6.42 Å². The topological polar surface area (TPSA) is 81.8 Å². The standard InChI is InChI=1S/C6H12N2O3S/c7-2-3-11-8-6-1-4-12(9,10)5-6/h1-5,7H2. The fourth-order valence-electron chi connectivity index (χ4n) is 0.933. The lowest BCUT2D eigenvalue weighted by Gasteiger charge is -1.95. The first kappa shape index (κ1) is 9.47. The molecule has 0 aromatic heterocycles. The lowest BCUT2D eigenvalue weighted by atomic mass is 10.3. The summed E-state index contributed by atoms with van der Waals surface area (Å²) in [7, 11) is -2.87. The quantitative estimate of drug-likeness (QED) is 0.466. The highest BCUT2D eigenvalue weighted by Gasteiger charge is 2.24. The van der Waals surface area contributed by atoms with E-state index in [9.17, 15) is 8.42 Å². The molecule has 1 aliphatic rings. The normalized spacial score (nSPS) is 24.6. The van der Waals surface area contributed by atoms with Crippen LogP contribution in [-0.2, 0) is 14.7 Å². The minimum Gasteiger partial charge on any atom is -0.394 e. The summed E-state index contributed by atoms with van der Waals surface area (Å²) in [6.07, 6.45) is 0.493. The molecular formula is C6H12N2O3S. The molecule has 6 heteroatoms. The highest BCUT2D eigenvalue weighted by Crippen LogP contribution is 2.08. The van der Waals surface area contributed by atoms with Crippen molar-refractivity contribution in [3.63, 3.8) is 0 Å². The summed E-state index contributed by atoms with van der Waals surface area (Å²) >= 11 is 0. The van der Waals surface area contributed by atoms with Crippen molar-refractivity contribution in [2.75, 3.05) is 24.7 Å². The number of sulfone groups is 1. The Morgan fingerprint density at radius 2 is 2.33 bits per heavy atom. The van der Waals surface area contributed by atoms with Gasteiger partial charge in [-0.05, 0) is 0 Å². The van der Waals surface area contributed by atoms with Crippen LogP contribution in [-0.4, -0.2) is 38.8 Å². The van der Waals surface area contributed by atoms with Gasteiger partial charge in [-0.1, -0.05) is 5.16 Å². The summed E-state index contributed by atoms with van der Waals surface area (Å²) in [5.41, 5.74) is 5.75. The van der Waals surface area contributed by atoms with E-state index in [0.717, 1.165) is 0 Å². The molecule has 5 nitrogen and oxygen atoms in total. The maximum Gasteiger partial charge on any atom is 0.156 e. The van der Waals surface area contributed by atoms with Crippen LogP contribution in [0.1, 0.15) is 6.42 Å². The van der Waals surface area contributed by atoms with E-state index in [1.807, 2.05) is 0 Å². The number of hydrogen-bond donors (Lipinski definition) is 1. The second-order valence-corrected chi connectivity index (χ2v) is 4.81.